The van der Waals surface area contributed by atoms with Gasteiger partial charge in [0.25, 0.3) is 0 Å². The molecular weight excluding hydrogens is 220 g/mol. The maximum absolute atomic E-state index is 3.91. The Morgan fingerprint density at radius 3 is 2.44 bits per heavy atom. The van der Waals surface area contributed by atoms with Gasteiger partial charge in [-0.15, -0.1) is 0 Å². The third-order valence-electron chi connectivity index (χ3n) is 5.39. The molecule has 18 heavy (non-hydrogen) atoms. The summed E-state index contributed by atoms with van der Waals surface area (Å²) in [7, 11) is 0. The molecule has 2 nitrogen and oxygen atoms in total. The molecule has 3 aliphatic rings. The van der Waals surface area contributed by atoms with Gasteiger partial charge in [0.1, 0.15) is 0 Å². The molecule has 1 aliphatic heterocycles. The van der Waals surface area contributed by atoms with Crippen LogP contribution in [-0.4, -0.2) is 36.6 Å². The molecule has 1 N–H and O–H groups in total. The van der Waals surface area contributed by atoms with E-state index in [0.29, 0.717) is 0 Å². The summed E-state index contributed by atoms with van der Waals surface area (Å²) >= 11 is 0. The largest absolute Gasteiger partial charge is 0.311 e. The number of nitrogens with one attached hydrogen (secondary N) is 1. The van der Waals surface area contributed by atoms with E-state index in [9.17, 15) is 0 Å². The molecule has 0 aromatic carbocycles. The van der Waals surface area contributed by atoms with Crippen molar-refractivity contribution in [1.29, 1.82) is 0 Å². The predicted octanol–water partition coefficient (Wildman–Crippen LogP) is 3.03. The number of nitrogens with zero attached hydrogens (tertiary/aromatic N) is 1. The molecule has 0 spiro atoms. The van der Waals surface area contributed by atoms with Gasteiger partial charge in [-0.05, 0) is 50.5 Å². The van der Waals surface area contributed by atoms with Crippen molar-refractivity contribution in [3.63, 3.8) is 0 Å². The van der Waals surface area contributed by atoms with Crippen molar-refractivity contribution in [3.05, 3.63) is 0 Å². The highest BCUT2D eigenvalue weighted by Gasteiger charge is 2.39. The van der Waals surface area contributed by atoms with Gasteiger partial charge in [-0.25, -0.2) is 0 Å². The van der Waals surface area contributed by atoms with E-state index in [-0.39, 0.29) is 0 Å². The summed E-state index contributed by atoms with van der Waals surface area (Å²) in [4.78, 5) is 2.83. The highest BCUT2D eigenvalue weighted by Crippen LogP contribution is 2.37. The molecule has 2 unspecified atom stereocenters. The first-order chi connectivity index (χ1) is 8.88. The monoisotopic (exact) mass is 250 g/mol. The zero-order valence-corrected chi connectivity index (χ0v) is 12.0. The Bertz CT molecular complexity index is 256. The molecule has 3 fully saturated rings. The van der Waals surface area contributed by atoms with Crippen molar-refractivity contribution >= 4 is 0 Å². The van der Waals surface area contributed by atoms with Crippen LogP contribution in [0, 0.1) is 11.8 Å². The van der Waals surface area contributed by atoms with E-state index in [4.69, 9.17) is 0 Å². The molecule has 0 aromatic rings. The molecule has 1 heterocycles. The lowest BCUT2D eigenvalue weighted by Gasteiger charge is -2.44. The van der Waals surface area contributed by atoms with E-state index in [1.807, 2.05) is 0 Å². The quantitative estimate of drug-likeness (QED) is 0.825. The van der Waals surface area contributed by atoms with Crippen molar-refractivity contribution < 1.29 is 0 Å². The normalized spacial score (nSPS) is 35.8. The fourth-order valence-corrected chi connectivity index (χ4v) is 4.20. The second-order valence-electron chi connectivity index (χ2n) is 6.81. The van der Waals surface area contributed by atoms with Crippen LogP contribution < -0.4 is 5.32 Å². The van der Waals surface area contributed by atoms with E-state index in [1.165, 1.54) is 71.0 Å². The Kier molecular flexibility index (Phi) is 4.25. The third kappa shape index (κ3) is 2.91. The van der Waals surface area contributed by atoms with Crippen LogP contribution in [0.5, 0.6) is 0 Å². The van der Waals surface area contributed by atoms with Gasteiger partial charge in [-0.1, -0.05) is 26.2 Å². The van der Waals surface area contributed by atoms with Gasteiger partial charge in [0.2, 0.25) is 0 Å². The average molecular weight is 250 g/mol. The molecule has 2 aliphatic carbocycles. The molecule has 2 heteroatoms. The molecule has 0 radical (unpaired) electrons. The lowest BCUT2D eigenvalue weighted by Crippen LogP contribution is -2.59. The van der Waals surface area contributed by atoms with E-state index < -0.39 is 0 Å². The Morgan fingerprint density at radius 1 is 1.00 bits per heavy atom. The highest BCUT2D eigenvalue weighted by atomic mass is 15.2. The Balaban J connectivity index is 1.57. The van der Waals surface area contributed by atoms with Crippen molar-refractivity contribution in [2.24, 2.45) is 11.8 Å². The minimum Gasteiger partial charge on any atom is -0.311 e. The van der Waals surface area contributed by atoms with Crippen LogP contribution in [0.15, 0.2) is 0 Å². The summed E-state index contributed by atoms with van der Waals surface area (Å²) < 4.78 is 0. The zero-order chi connectivity index (χ0) is 12.4. The zero-order valence-electron chi connectivity index (χ0n) is 12.0. The van der Waals surface area contributed by atoms with Crippen LogP contribution in [0.2, 0.25) is 0 Å². The van der Waals surface area contributed by atoms with Crippen molar-refractivity contribution in [2.45, 2.75) is 70.4 Å². The first kappa shape index (κ1) is 12.9. The number of hydrogen-bond donors (Lipinski definition) is 1. The number of rotatable bonds is 4. The van der Waals surface area contributed by atoms with Gasteiger partial charge in [-0.2, -0.15) is 0 Å². The summed E-state index contributed by atoms with van der Waals surface area (Å²) in [6, 6.07) is 1.66. The summed E-state index contributed by atoms with van der Waals surface area (Å²) in [5.41, 5.74) is 0. The van der Waals surface area contributed by atoms with E-state index in [1.54, 1.807) is 0 Å². The summed E-state index contributed by atoms with van der Waals surface area (Å²) in [5, 5.41) is 3.91. The Hall–Kier alpha value is -0.0800. The molecule has 2 saturated carbocycles. The van der Waals surface area contributed by atoms with Crippen molar-refractivity contribution in [2.75, 3.05) is 19.6 Å². The van der Waals surface area contributed by atoms with Gasteiger partial charge < -0.3 is 5.32 Å². The van der Waals surface area contributed by atoms with Gasteiger partial charge in [-0.3, -0.25) is 4.90 Å². The molecule has 2 atom stereocenters. The maximum Gasteiger partial charge on any atom is 0.0249 e. The van der Waals surface area contributed by atoms with E-state index in [2.05, 4.69) is 17.1 Å². The van der Waals surface area contributed by atoms with Crippen LogP contribution in [0.1, 0.15) is 58.3 Å². The molecule has 1 saturated heterocycles. The molecular formula is C16H30N2. The van der Waals surface area contributed by atoms with Crippen molar-refractivity contribution in [3.8, 4) is 0 Å². The van der Waals surface area contributed by atoms with Crippen LogP contribution in [-0.2, 0) is 0 Å². The van der Waals surface area contributed by atoms with Gasteiger partial charge in [0.15, 0.2) is 0 Å². The SMILES string of the molecule is CCCN1CC(C2CCCCC2)NCC1C1CC1. The smallest absolute Gasteiger partial charge is 0.0249 e. The molecule has 3 rings (SSSR count). The van der Waals surface area contributed by atoms with Gasteiger partial charge in [0, 0.05) is 25.2 Å². The minimum absolute atomic E-state index is 0.798. The fourth-order valence-electron chi connectivity index (χ4n) is 4.20. The lowest BCUT2D eigenvalue weighted by atomic mass is 9.82. The molecule has 0 amide bonds. The number of hydrogen-bond acceptors (Lipinski definition) is 2. The maximum atomic E-state index is 3.91. The lowest BCUT2D eigenvalue weighted by molar-refractivity contribution is 0.0847. The summed E-state index contributed by atoms with van der Waals surface area (Å²) in [6.07, 6.45) is 11.7. The van der Waals surface area contributed by atoms with Crippen LogP contribution in [0.25, 0.3) is 0 Å². The van der Waals surface area contributed by atoms with Crippen LogP contribution in [0.3, 0.4) is 0 Å². The second-order valence-corrected chi connectivity index (χ2v) is 6.81. The van der Waals surface area contributed by atoms with Crippen LogP contribution >= 0.6 is 0 Å². The second kappa shape index (κ2) is 5.92. The third-order valence-corrected chi connectivity index (χ3v) is 5.39. The standard InChI is InChI=1S/C16H30N2/c1-2-10-18-12-15(13-6-4-3-5-7-13)17-11-16(18)14-8-9-14/h13-17H,2-12H2,1H3. The molecule has 104 valence electrons. The number of piperazine rings is 1. The van der Waals surface area contributed by atoms with Crippen molar-refractivity contribution in [1.82, 2.24) is 10.2 Å². The first-order valence-corrected chi connectivity index (χ1v) is 8.36. The minimum atomic E-state index is 0.798. The highest BCUT2D eigenvalue weighted by molar-refractivity contribution is 4.96. The Morgan fingerprint density at radius 2 is 1.78 bits per heavy atom. The summed E-state index contributed by atoms with van der Waals surface area (Å²) in [6.45, 7) is 6.26. The summed E-state index contributed by atoms with van der Waals surface area (Å²) in [5.74, 6) is 2.00. The molecule has 0 bridgehead atoms. The average Bonchev–Trinajstić information content (AvgIpc) is 3.24. The fraction of sp³-hybridized carbons (Fsp3) is 1.00. The van der Waals surface area contributed by atoms with Crippen LogP contribution in [0.4, 0.5) is 0 Å². The van der Waals surface area contributed by atoms with Gasteiger partial charge >= 0.3 is 0 Å². The van der Waals surface area contributed by atoms with E-state index in [0.717, 1.165) is 23.9 Å². The predicted molar refractivity (Wildman–Crippen MR) is 76.7 cm³/mol. The van der Waals surface area contributed by atoms with Gasteiger partial charge in [0.05, 0.1) is 0 Å². The Labute approximate surface area is 113 Å². The molecule has 0 aromatic heterocycles. The topological polar surface area (TPSA) is 15.3 Å². The first-order valence-electron chi connectivity index (χ1n) is 8.36. The van der Waals surface area contributed by atoms with E-state index >= 15 is 0 Å².